The van der Waals surface area contributed by atoms with Gasteiger partial charge in [0.2, 0.25) is 5.91 Å². The second kappa shape index (κ2) is 7.94. The summed E-state index contributed by atoms with van der Waals surface area (Å²) in [4.78, 5) is 18.6. The third-order valence-electron chi connectivity index (χ3n) is 5.51. The largest absolute Gasteiger partial charge is 0.361 e. The van der Waals surface area contributed by atoms with Crippen molar-refractivity contribution in [1.82, 2.24) is 24.8 Å². The molecule has 4 aromatic rings. The van der Waals surface area contributed by atoms with E-state index in [1.807, 2.05) is 41.3 Å². The first kappa shape index (κ1) is 18.3. The standard InChI is InChI=1S/C23H21N5O2/c29-21(14-28-16-24-15-25-28)27-12-11-20-19(13-27)23(26-30-20)22(17-7-3-1-4-8-17)18-9-5-2-6-10-18/h1-10,15-16,22H,11-14H2. The molecule has 0 aliphatic carbocycles. The molecule has 7 nitrogen and oxygen atoms in total. The highest BCUT2D eigenvalue weighted by atomic mass is 16.5. The molecular weight excluding hydrogens is 378 g/mol. The predicted octanol–water partition coefficient (Wildman–Crippen LogP) is 3.03. The number of hydrogen-bond acceptors (Lipinski definition) is 5. The van der Waals surface area contributed by atoms with Crippen molar-refractivity contribution in [3.63, 3.8) is 0 Å². The number of hydrogen-bond donors (Lipinski definition) is 0. The normalized spacial score (nSPS) is 13.4. The number of amides is 1. The summed E-state index contributed by atoms with van der Waals surface area (Å²) in [7, 11) is 0. The van der Waals surface area contributed by atoms with Crippen LogP contribution in [-0.2, 0) is 24.3 Å². The molecule has 2 aromatic carbocycles. The average Bonchev–Trinajstić information content (AvgIpc) is 3.45. The maximum atomic E-state index is 12.8. The van der Waals surface area contributed by atoms with Gasteiger partial charge in [0.1, 0.15) is 30.7 Å². The molecule has 0 bridgehead atoms. The molecule has 0 N–H and O–H groups in total. The van der Waals surface area contributed by atoms with Crippen molar-refractivity contribution >= 4 is 5.91 Å². The van der Waals surface area contributed by atoms with Crippen molar-refractivity contribution in [1.29, 1.82) is 0 Å². The Morgan fingerprint density at radius 3 is 2.37 bits per heavy atom. The number of rotatable bonds is 5. The first-order valence-corrected chi connectivity index (χ1v) is 9.97. The highest BCUT2D eigenvalue weighted by Crippen LogP contribution is 2.36. The Balaban J connectivity index is 1.48. The maximum absolute atomic E-state index is 12.8. The molecule has 150 valence electrons. The number of nitrogens with zero attached hydrogens (tertiary/aromatic N) is 5. The molecule has 0 saturated heterocycles. The topological polar surface area (TPSA) is 77.0 Å². The zero-order chi connectivity index (χ0) is 20.3. The van der Waals surface area contributed by atoms with Gasteiger partial charge in [0, 0.05) is 18.5 Å². The molecule has 0 unspecified atom stereocenters. The van der Waals surface area contributed by atoms with Crippen LogP contribution in [0.15, 0.2) is 77.8 Å². The predicted molar refractivity (Wildman–Crippen MR) is 109 cm³/mol. The van der Waals surface area contributed by atoms with Crippen LogP contribution in [0, 0.1) is 0 Å². The van der Waals surface area contributed by atoms with Crippen LogP contribution >= 0.6 is 0 Å². The molecule has 0 atom stereocenters. The zero-order valence-corrected chi connectivity index (χ0v) is 16.4. The fourth-order valence-electron chi connectivity index (χ4n) is 4.02. The molecule has 0 radical (unpaired) electrons. The summed E-state index contributed by atoms with van der Waals surface area (Å²) in [6.07, 6.45) is 3.64. The van der Waals surface area contributed by atoms with Crippen LogP contribution in [0.2, 0.25) is 0 Å². The van der Waals surface area contributed by atoms with Gasteiger partial charge in [0.15, 0.2) is 0 Å². The second-order valence-corrected chi connectivity index (χ2v) is 7.38. The van der Waals surface area contributed by atoms with E-state index < -0.39 is 0 Å². The quantitative estimate of drug-likeness (QED) is 0.516. The Kier molecular flexibility index (Phi) is 4.85. The van der Waals surface area contributed by atoms with Crippen molar-refractivity contribution in [3.8, 4) is 0 Å². The lowest BCUT2D eigenvalue weighted by molar-refractivity contribution is -0.133. The molecule has 1 aliphatic rings. The van der Waals surface area contributed by atoms with E-state index in [0.29, 0.717) is 19.5 Å². The highest BCUT2D eigenvalue weighted by molar-refractivity contribution is 5.76. The molecule has 2 aromatic heterocycles. The summed E-state index contributed by atoms with van der Waals surface area (Å²) in [5, 5.41) is 8.52. The van der Waals surface area contributed by atoms with Crippen LogP contribution in [0.3, 0.4) is 0 Å². The third-order valence-corrected chi connectivity index (χ3v) is 5.51. The third kappa shape index (κ3) is 3.50. The lowest BCUT2D eigenvalue weighted by Gasteiger charge is -2.27. The maximum Gasteiger partial charge on any atom is 0.244 e. The first-order valence-electron chi connectivity index (χ1n) is 9.97. The van der Waals surface area contributed by atoms with E-state index in [1.165, 1.54) is 6.33 Å². The Morgan fingerprint density at radius 1 is 1.03 bits per heavy atom. The van der Waals surface area contributed by atoms with E-state index in [-0.39, 0.29) is 18.4 Å². The van der Waals surface area contributed by atoms with E-state index in [9.17, 15) is 4.79 Å². The fourth-order valence-corrected chi connectivity index (χ4v) is 4.02. The summed E-state index contributed by atoms with van der Waals surface area (Å²) in [6, 6.07) is 20.6. The average molecular weight is 399 g/mol. The van der Waals surface area contributed by atoms with Crippen LogP contribution in [0.5, 0.6) is 0 Å². The fraction of sp³-hybridized carbons (Fsp3) is 0.217. The van der Waals surface area contributed by atoms with Gasteiger partial charge in [-0.1, -0.05) is 65.8 Å². The number of carbonyl (C=O) groups is 1. The van der Waals surface area contributed by atoms with Crippen molar-refractivity contribution in [2.24, 2.45) is 0 Å². The minimum atomic E-state index is -0.0507. The van der Waals surface area contributed by atoms with Gasteiger partial charge in [-0.05, 0) is 11.1 Å². The van der Waals surface area contributed by atoms with Crippen LogP contribution in [0.1, 0.15) is 34.1 Å². The van der Waals surface area contributed by atoms with Crippen molar-refractivity contribution in [2.75, 3.05) is 6.54 Å². The number of benzene rings is 2. The highest BCUT2D eigenvalue weighted by Gasteiger charge is 2.31. The number of carbonyl (C=O) groups excluding carboxylic acids is 1. The van der Waals surface area contributed by atoms with E-state index in [0.717, 1.165) is 28.1 Å². The van der Waals surface area contributed by atoms with Crippen LogP contribution in [0.25, 0.3) is 0 Å². The van der Waals surface area contributed by atoms with Gasteiger partial charge in [-0.25, -0.2) is 9.67 Å². The SMILES string of the molecule is O=C(Cn1cncn1)N1CCc2onc(C(c3ccccc3)c3ccccc3)c2C1. The molecule has 30 heavy (non-hydrogen) atoms. The lowest BCUT2D eigenvalue weighted by Crippen LogP contribution is -2.38. The van der Waals surface area contributed by atoms with Gasteiger partial charge in [0.05, 0.1) is 12.5 Å². The van der Waals surface area contributed by atoms with Crippen LogP contribution < -0.4 is 0 Å². The molecule has 0 spiro atoms. The minimum absolute atomic E-state index is 0.00859. The molecule has 7 heteroatoms. The van der Waals surface area contributed by atoms with Gasteiger partial charge in [-0.3, -0.25) is 4.79 Å². The Labute approximate surface area is 174 Å². The Bertz CT molecular complexity index is 1080. The molecule has 1 amide bonds. The first-order chi connectivity index (χ1) is 14.8. The summed E-state index contributed by atoms with van der Waals surface area (Å²) in [6.45, 7) is 1.27. The van der Waals surface area contributed by atoms with Gasteiger partial charge < -0.3 is 9.42 Å². The molecular formula is C23H21N5O2. The van der Waals surface area contributed by atoms with Crippen LogP contribution in [0.4, 0.5) is 0 Å². The van der Waals surface area contributed by atoms with Gasteiger partial charge >= 0.3 is 0 Å². The molecule has 5 rings (SSSR count). The summed E-state index contributed by atoms with van der Waals surface area (Å²) >= 11 is 0. The number of aromatic nitrogens is 4. The molecule has 3 heterocycles. The van der Waals surface area contributed by atoms with Gasteiger partial charge in [-0.15, -0.1) is 0 Å². The van der Waals surface area contributed by atoms with E-state index in [1.54, 1.807) is 11.0 Å². The minimum Gasteiger partial charge on any atom is -0.361 e. The molecule has 0 saturated carbocycles. The monoisotopic (exact) mass is 399 g/mol. The van der Waals surface area contributed by atoms with Gasteiger partial charge in [0.25, 0.3) is 0 Å². The van der Waals surface area contributed by atoms with Crippen molar-refractivity contribution in [3.05, 3.63) is 101 Å². The van der Waals surface area contributed by atoms with Crippen LogP contribution in [-0.4, -0.2) is 37.3 Å². The Morgan fingerprint density at radius 2 is 1.73 bits per heavy atom. The number of fused-ring (bicyclic) bond motifs is 1. The summed E-state index contributed by atoms with van der Waals surface area (Å²) in [5.41, 5.74) is 4.17. The van der Waals surface area contributed by atoms with E-state index >= 15 is 0 Å². The van der Waals surface area contributed by atoms with E-state index in [2.05, 4.69) is 39.5 Å². The lowest BCUT2D eigenvalue weighted by atomic mass is 9.85. The summed E-state index contributed by atoms with van der Waals surface area (Å²) in [5.74, 6) is 0.825. The van der Waals surface area contributed by atoms with Crippen molar-refractivity contribution in [2.45, 2.75) is 25.4 Å². The van der Waals surface area contributed by atoms with E-state index in [4.69, 9.17) is 4.52 Å². The summed E-state index contributed by atoms with van der Waals surface area (Å²) < 4.78 is 7.27. The second-order valence-electron chi connectivity index (χ2n) is 7.38. The van der Waals surface area contributed by atoms with Gasteiger partial charge in [-0.2, -0.15) is 5.10 Å². The smallest absolute Gasteiger partial charge is 0.244 e. The molecule has 1 aliphatic heterocycles. The molecule has 0 fully saturated rings. The van der Waals surface area contributed by atoms with Crippen molar-refractivity contribution < 1.29 is 9.32 Å². The zero-order valence-electron chi connectivity index (χ0n) is 16.4. The Hall–Kier alpha value is -3.74.